The number of furan rings is 1. The SMILES string of the molecule is CCc1ccc(C(O)C(CN)c2cccc(Cl)c2)o1. The molecule has 0 fully saturated rings. The molecule has 0 aliphatic heterocycles. The van der Waals surface area contributed by atoms with E-state index < -0.39 is 6.10 Å². The molecule has 1 heterocycles. The molecule has 0 bridgehead atoms. The van der Waals surface area contributed by atoms with Crippen molar-refractivity contribution in [2.24, 2.45) is 5.73 Å². The van der Waals surface area contributed by atoms with Crippen LogP contribution in [0.5, 0.6) is 0 Å². The topological polar surface area (TPSA) is 59.4 Å². The maximum Gasteiger partial charge on any atom is 0.133 e. The molecule has 2 atom stereocenters. The fourth-order valence-corrected chi connectivity index (χ4v) is 2.32. The van der Waals surface area contributed by atoms with Crippen molar-refractivity contribution in [2.75, 3.05) is 6.54 Å². The molecule has 3 N–H and O–H groups in total. The smallest absolute Gasteiger partial charge is 0.133 e. The van der Waals surface area contributed by atoms with E-state index >= 15 is 0 Å². The summed E-state index contributed by atoms with van der Waals surface area (Å²) >= 11 is 5.98. The van der Waals surface area contributed by atoms with Gasteiger partial charge in [-0.1, -0.05) is 30.7 Å². The number of nitrogens with two attached hydrogens (primary N) is 1. The Kier molecular flexibility index (Phi) is 4.64. The second-order valence-electron chi connectivity index (χ2n) is 4.50. The van der Waals surface area contributed by atoms with Crippen LogP contribution in [0.3, 0.4) is 0 Å². The minimum Gasteiger partial charge on any atom is -0.463 e. The predicted molar refractivity (Wildman–Crippen MR) is 76.3 cm³/mol. The van der Waals surface area contributed by atoms with Gasteiger partial charge in [0.25, 0.3) is 0 Å². The summed E-state index contributed by atoms with van der Waals surface area (Å²) in [6.45, 7) is 2.33. The van der Waals surface area contributed by atoms with Gasteiger partial charge in [0.15, 0.2) is 0 Å². The molecule has 3 nitrogen and oxygen atoms in total. The number of rotatable bonds is 5. The Labute approximate surface area is 118 Å². The summed E-state index contributed by atoms with van der Waals surface area (Å²) in [7, 11) is 0. The van der Waals surface area contributed by atoms with Crippen LogP contribution in [0.25, 0.3) is 0 Å². The monoisotopic (exact) mass is 279 g/mol. The van der Waals surface area contributed by atoms with E-state index in [2.05, 4.69) is 0 Å². The van der Waals surface area contributed by atoms with Crippen molar-refractivity contribution >= 4 is 11.6 Å². The highest BCUT2D eigenvalue weighted by molar-refractivity contribution is 6.30. The number of hydrogen-bond donors (Lipinski definition) is 2. The number of halogens is 1. The molecule has 2 unspecified atom stereocenters. The van der Waals surface area contributed by atoms with Crippen LogP contribution < -0.4 is 5.73 Å². The summed E-state index contributed by atoms with van der Waals surface area (Å²) in [5.41, 5.74) is 6.70. The lowest BCUT2D eigenvalue weighted by Gasteiger charge is -2.20. The Morgan fingerprint density at radius 1 is 1.32 bits per heavy atom. The molecule has 2 aromatic rings. The first kappa shape index (κ1) is 14.1. The van der Waals surface area contributed by atoms with Gasteiger partial charge in [-0.15, -0.1) is 0 Å². The van der Waals surface area contributed by atoms with E-state index in [-0.39, 0.29) is 5.92 Å². The number of benzene rings is 1. The maximum atomic E-state index is 10.4. The summed E-state index contributed by atoms with van der Waals surface area (Å²) in [5, 5.41) is 11.1. The molecule has 0 spiro atoms. The van der Waals surface area contributed by atoms with Crippen molar-refractivity contribution in [1.82, 2.24) is 0 Å². The number of aliphatic hydroxyl groups is 1. The van der Waals surface area contributed by atoms with E-state index in [0.717, 1.165) is 17.7 Å². The van der Waals surface area contributed by atoms with Gasteiger partial charge in [-0.2, -0.15) is 0 Å². The van der Waals surface area contributed by atoms with Crippen LogP contribution >= 0.6 is 11.6 Å². The van der Waals surface area contributed by atoms with Crippen LogP contribution in [0.15, 0.2) is 40.8 Å². The van der Waals surface area contributed by atoms with E-state index in [9.17, 15) is 5.11 Å². The zero-order chi connectivity index (χ0) is 13.8. The van der Waals surface area contributed by atoms with E-state index in [0.29, 0.717) is 17.3 Å². The van der Waals surface area contributed by atoms with Crippen molar-refractivity contribution < 1.29 is 9.52 Å². The van der Waals surface area contributed by atoms with Gasteiger partial charge in [-0.25, -0.2) is 0 Å². The Hall–Kier alpha value is -1.29. The highest BCUT2D eigenvalue weighted by Crippen LogP contribution is 2.32. The molecule has 1 aromatic carbocycles. The summed E-state index contributed by atoms with van der Waals surface area (Å²) in [4.78, 5) is 0. The fourth-order valence-electron chi connectivity index (χ4n) is 2.13. The summed E-state index contributed by atoms with van der Waals surface area (Å²) in [6.07, 6.45) is 0.0424. The van der Waals surface area contributed by atoms with Crippen LogP contribution in [0.4, 0.5) is 0 Å². The van der Waals surface area contributed by atoms with Crippen LogP contribution in [0.1, 0.15) is 36.0 Å². The van der Waals surface area contributed by atoms with Crippen molar-refractivity contribution in [1.29, 1.82) is 0 Å². The lowest BCUT2D eigenvalue weighted by Crippen LogP contribution is -2.19. The molecular formula is C15H18ClNO2. The van der Waals surface area contributed by atoms with Gasteiger partial charge in [0, 0.05) is 23.9 Å². The average Bonchev–Trinajstić information content (AvgIpc) is 2.88. The Bertz CT molecular complexity index is 538. The van der Waals surface area contributed by atoms with E-state index in [4.69, 9.17) is 21.8 Å². The van der Waals surface area contributed by atoms with E-state index in [1.807, 2.05) is 31.2 Å². The molecule has 4 heteroatoms. The minimum atomic E-state index is -0.760. The molecular weight excluding hydrogens is 262 g/mol. The molecule has 102 valence electrons. The molecule has 1 aromatic heterocycles. The minimum absolute atomic E-state index is 0.227. The average molecular weight is 280 g/mol. The van der Waals surface area contributed by atoms with E-state index in [1.165, 1.54) is 0 Å². The number of aliphatic hydroxyl groups excluding tert-OH is 1. The van der Waals surface area contributed by atoms with E-state index in [1.54, 1.807) is 12.1 Å². The van der Waals surface area contributed by atoms with Crippen molar-refractivity contribution in [2.45, 2.75) is 25.4 Å². The molecule has 0 saturated heterocycles. The molecule has 0 aliphatic rings. The molecule has 0 saturated carbocycles. The Morgan fingerprint density at radius 3 is 2.68 bits per heavy atom. The fraction of sp³-hybridized carbons (Fsp3) is 0.333. The molecule has 0 aliphatic carbocycles. The van der Waals surface area contributed by atoms with Crippen LogP contribution in [-0.2, 0) is 6.42 Å². The first-order valence-corrected chi connectivity index (χ1v) is 6.75. The Balaban J connectivity index is 2.26. The van der Waals surface area contributed by atoms with Crippen molar-refractivity contribution in [3.63, 3.8) is 0 Å². The van der Waals surface area contributed by atoms with Gasteiger partial charge in [0.05, 0.1) is 0 Å². The maximum absolute atomic E-state index is 10.4. The molecule has 0 amide bonds. The zero-order valence-electron chi connectivity index (χ0n) is 10.8. The standard InChI is InChI=1S/C15H18ClNO2/c1-2-12-6-7-14(19-12)15(18)13(9-17)10-4-3-5-11(16)8-10/h3-8,13,15,18H,2,9,17H2,1H3. The predicted octanol–water partition coefficient (Wildman–Crippen LogP) is 3.27. The Morgan fingerprint density at radius 2 is 2.11 bits per heavy atom. The van der Waals surface area contributed by atoms with Crippen molar-refractivity contribution in [3.8, 4) is 0 Å². The first-order valence-electron chi connectivity index (χ1n) is 6.38. The normalized spacial score (nSPS) is 14.3. The number of hydrogen-bond acceptors (Lipinski definition) is 3. The third kappa shape index (κ3) is 3.18. The first-order chi connectivity index (χ1) is 9.15. The second kappa shape index (κ2) is 6.24. The van der Waals surface area contributed by atoms with Crippen LogP contribution in [0.2, 0.25) is 5.02 Å². The van der Waals surface area contributed by atoms with Crippen LogP contribution in [-0.4, -0.2) is 11.7 Å². The quantitative estimate of drug-likeness (QED) is 0.883. The summed E-state index contributed by atoms with van der Waals surface area (Å²) < 4.78 is 5.59. The van der Waals surface area contributed by atoms with Crippen LogP contribution in [0, 0.1) is 0 Å². The van der Waals surface area contributed by atoms with Gasteiger partial charge in [0.1, 0.15) is 17.6 Å². The lowest BCUT2D eigenvalue weighted by molar-refractivity contribution is 0.120. The molecule has 0 radical (unpaired) electrons. The largest absolute Gasteiger partial charge is 0.463 e. The van der Waals surface area contributed by atoms with Gasteiger partial charge < -0.3 is 15.3 Å². The zero-order valence-corrected chi connectivity index (χ0v) is 11.6. The van der Waals surface area contributed by atoms with Gasteiger partial charge in [0.2, 0.25) is 0 Å². The van der Waals surface area contributed by atoms with Gasteiger partial charge >= 0.3 is 0 Å². The molecule has 2 rings (SSSR count). The van der Waals surface area contributed by atoms with Gasteiger partial charge in [-0.3, -0.25) is 0 Å². The third-order valence-electron chi connectivity index (χ3n) is 3.23. The second-order valence-corrected chi connectivity index (χ2v) is 4.94. The third-order valence-corrected chi connectivity index (χ3v) is 3.47. The molecule has 19 heavy (non-hydrogen) atoms. The summed E-state index contributed by atoms with van der Waals surface area (Å²) in [6, 6.07) is 11.1. The lowest BCUT2D eigenvalue weighted by atomic mass is 9.92. The van der Waals surface area contributed by atoms with Gasteiger partial charge in [-0.05, 0) is 29.8 Å². The highest BCUT2D eigenvalue weighted by Gasteiger charge is 2.24. The number of aryl methyl sites for hydroxylation is 1. The highest BCUT2D eigenvalue weighted by atomic mass is 35.5. The van der Waals surface area contributed by atoms with Crippen molar-refractivity contribution in [3.05, 3.63) is 58.5 Å². The summed E-state index contributed by atoms with van der Waals surface area (Å²) in [5.74, 6) is 1.18.